The fraction of sp³-hybridized carbons (Fsp3) is 0.426. The second-order valence-corrected chi connectivity index (χ2v) is 17.1. The van der Waals surface area contributed by atoms with Crippen LogP contribution < -0.4 is 26.2 Å². The monoisotopic (exact) mass is 973 g/mol. The molecule has 1 saturated heterocycles. The van der Waals surface area contributed by atoms with Gasteiger partial charge < -0.3 is 63.9 Å². The summed E-state index contributed by atoms with van der Waals surface area (Å²) in [6, 6.07) is 6.26. The van der Waals surface area contributed by atoms with Gasteiger partial charge in [-0.1, -0.05) is 13.0 Å². The van der Waals surface area contributed by atoms with Gasteiger partial charge in [0.1, 0.15) is 24.8 Å². The Kier molecular flexibility index (Phi) is 13.4. The number of rotatable bonds is 13. The lowest BCUT2D eigenvalue weighted by Crippen LogP contribution is -2.64. The van der Waals surface area contributed by atoms with Gasteiger partial charge >= 0.3 is 35.9 Å². The van der Waals surface area contributed by atoms with Crippen molar-refractivity contribution >= 4 is 58.4 Å². The van der Waals surface area contributed by atoms with E-state index in [1.807, 2.05) is 0 Å². The first-order valence-electron chi connectivity index (χ1n) is 22.1. The number of aliphatic carboxylic acids is 1. The second kappa shape index (κ2) is 19.1. The molecule has 0 saturated carbocycles. The number of carboxylic acid groups (broad SMARTS) is 1. The van der Waals surface area contributed by atoms with Crippen molar-refractivity contribution in [3.05, 3.63) is 85.4 Å². The molecule has 5 N–H and O–H groups in total. The lowest BCUT2D eigenvalue weighted by atomic mass is 9.81. The Labute approximate surface area is 396 Å². The molecule has 2 aromatic carbocycles. The Hall–Kier alpha value is -7.50. The molecule has 3 unspecified atom stereocenters. The highest BCUT2D eigenvalue weighted by molar-refractivity contribution is 5.95. The first-order valence-corrected chi connectivity index (χ1v) is 22.1. The van der Waals surface area contributed by atoms with Crippen LogP contribution in [0.1, 0.15) is 85.5 Å². The maximum atomic E-state index is 15.5. The highest BCUT2D eigenvalue weighted by Crippen LogP contribution is 2.46. The third-order valence-corrected chi connectivity index (χ3v) is 12.6. The zero-order valence-corrected chi connectivity index (χ0v) is 38.6. The summed E-state index contributed by atoms with van der Waals surface area (Å²) in [4.78, 5) is 107. The van der Waals surface area contributed by atoms with Gasteiger partial charge in [-0.05, 0) is 73.7 Å². The van der Waals surface area contributed by atoms with Crippen molar-refractivity contribution in [3.63, 3.8) is 0 Å². The Bertz CT molecular complexity index is 2960. The van der Waals surface area contributed by atoms with E-state index in [-0.39, 0.29) is 60.8 Å². The molecular weight excluding hydrogens is 926 g/mol. The number of ether oxygens (including phenoxy) is 7. The Morgan fingerprint density at radius 3 is 2.33 bits per heavy atom. The van der Waals surface area contributed by atoms with Crippen molar-refractivity contribution in [1.82, 2.24) is 20.2 Å². The van der Waals surface area contributed by atoms with Crippen LogP contribution in [0.3, 0.4) is 0 Å². The summed E-state index contributed by atoms with van der Waals surface area (Å²) < 4.78 is 55.5. The van der Waals surface area contributed by atoms with Gasteiger partial charge in [-0.3, -0.25) is 24.0 Å². The number of alkyl carbamates (subject to hydrolysis) is 1. The third-order valence-electron chi connectivity index (χ3n) is 12.6. The number of carboxylic acids is 1. The summed E-state index contributed by atoms with van der Waals surface area (Å²) in [5, 5.41) is 30.4. The van der Waals surface area contributed by atoms with Crippen molar-refractivity contribution in [2.24, 2.45) is 0 Å². The molecule has 2 aromatic heterocycles. The van der Waals surface area contributed by atoms with Crippen LogP contribution in [-0.2, 0) is 89.0 Å². The molecule has 3 aliphatic heterocycles. The Morgan fingerprint density at radius 1 is 0.957 bits per heavy atom. The van der Waals surface area contributed by atoms with Crippen LogP contribution in [0.2, 0.25) is 0 Å². The number of likely N-dealkylation sites (N-methyl/N-ethyl adjacent to an activating group) is 1. The summed E-state index contributed by atoms with van der Waals surface area (Å²) in [5.41, 5.74) is 1.04. The molecule has 8 rings (SSSR count). The molecule has 0 radical (unpaired) electrons. The lowest BCUT2D eigenvalue weighted by Gasteiger charge is -2.42. The summed E-state index contributed by atoms with van der Waals surface area (Å²) in [6.45, 7) is 5.34. The smallest absolute Gasteiger partial charge is 0.407 e. The van der Waals surface area contributed by atoms with E-state index in [0.717, 1.165) is 20.8 Å². The summed E-state index contributed by atoms with van der Waals surface area (Å²) >= 11 is 0. The van der Waals surface area contributed by atoms with Crippen LogP contribution in [0.25, 0.3) is 22.3 Å². The van der Waals surface area contributed by atoms with E-state index < -0.39 is 95.6 Å². The van der Waals surface area contributed by atoms with E-state index in [4.69, 9.17) is 38.1 Å². The van der Waals surface area contributed by atoms with Gasteiger partial charge in [-0.15, -0.1) is 0 Å². The molecule has 7 atom stereocenters. The van der Waals surface area contributed by atoms with E-state index >= 15 is 4.39 Å². The molecule has 0 bridgehead atoms. The fourth-order valence-corrected chi connectivity index (χ4v) is 9.45. The van der Waals surface area contributed by atoms with Gasteiger partial charge in [-0.25, -0.2) is 23.8 Å². The first kappa shape index (κ1) is 48.9. The zero-order valence-electron chi connectivity index (χ0n) is 38.6. The van der Waals surface area contributed by atoms with Crippen LogP contribution in [0.4, 0.5) is 14.9 Å². The highest BCUT2D eigenvalue weighted by Gasteiger charge is 2.56. The molecule has 4 aromatic rings. The number of benzene rings is 2. The van der Waals surface area contributed by atoms with Crippen LogP contribution >= 0.6 is 0 Å². The van der Waals surface area contributed by atoms with Gasteiger partial charge in [0.15, 0.2) is 23.9 Å². The van der Waals surface area contributed by atoms with Gasteiger partial charge in [0, 0.05) is 43.4 Å². The number of hydrogen-bond acceptors (Lipinski definition) is 18. The lowest BCUT2D eigenvalue weighted by molar-refractivity contribution is -0.281. The van der Waals surface area contributed by atoms with Crippen molar-refractivity contribution in [3.8, 4) is 17.1 Å². The summed E-state index contributed by atoms with van der Waals surface area (Å²) in [7, 11) is 1.52. The van der Waals surface area contributed by atoms with Gasteiger partial charge in [-0.2, -0.15) is 0 Å². The van der Waals surface area contributed by atoms with Crippen molar-refractivity contribution < 1.29 is 81.3 Å². The number of nitrogens with one attached hydrogen (secondary N) is 3. The first-order chi connectivity index (χ1) is 33.2. The molecule has 5 heterocycles. The molecule has 23 heteroatoms. The second-order valence-electron chi connectivity index (χ2n) is 17.1. The molecule has 0 spiro atoms. The van der Waals surface area contributed by atoms with Crippen molar-refractivity contribution in [1.29, 1.82) is 0 Å². The number of pyridine rings is 2. The molecular formula is C47H48FN5O17. The number of nitrogens with zero attached hydrogens (tertiary/aromatic N) is 2. The molecule has 1 aliphatic carbocycles. The topological polar surface area (TPSA) is 296 Å². The normalized spacial score (nSPS) is 22.9. The number of carbonyl (C=O) groups excluding carboxylic acids is 6. The minimum atomic E-state index is -2.08. The average molecular weight is 974 g/mol. The number of anilines is 1. The molecule has 1 fully saturated rings. The fourth-order valence-electron chi connectivity index (χ4n) is 9.45. The molecule has 2 amide bonds. The van der Waals surface area contributed by atoms with Gasteiger partial charge in [0.25, 0.3) is 5.56 Å². The number of aliphatic hydroxyl groups is 1. The van der Waals surface area contributed by atoms with E-state index in [9.17, 15) is 48.6 Å². The van der Waals surface area contributed by atoms with Gasteiger partial charge in [0.05, 0.1) is 47.3 Å². The maximum Gasteiger partial charge on any atom is 0.407 e. The number of amides is 2. The predicted molar refractivity (Wildman–Crippen MR) is 236 cm³/mol. The van der Waals surface area contributed by atoms with Crippen LogP contribution in [0, 0.1) is 12.7 Å². The number of aromatic nitrogens is 2. The minimum absolute atomic E-state index is 0.00871. The average Bonchev–Trinajstić information content (AvgIpc) is 3.67. The maximum absolute atomic E-state index is 15.5. The molecule has 70 heavy (non-hydrogen) atoms. The quantitative estimate of drug-likeness (QED) is 0.0837. The van der Waals surface area contributed by atoms with Crippen molar-refractivity contribution in [2.45, 2.75) is 116 Å². The molecule has 4 aliphatic rings. The SMILES string of the molecule is CC[C@@]1(O)C(=O)OCc2c1cc1n(c2=O)Cc2c-1nc1cc(F)c(C)c3c1c2[C@@H](NC(=O)OCc1ccc(O[C@@H]2OC(C(=O)O)[C@@H](OC(C)=O)C(OC(C)=O)C2OC(C)=O)c(NC(=O)CNC)c1)CC3. The summed E-state index contributed by atoms with van der Waals surface area (Å²) in [6.07, 6.45) is -9.39. The van der Waals surface area contributed by atoms with Crippen LogP contribution in [-0.4, -0.2) is 106 Å². The number of fused-ring (bicyclic) bond motifs is 5. The number of cyclic esters (lactones) is 1. The largest absolute Gasteiger partial charge is 0.479 e. The Balaban J connectivity index is 1.08. The predicted octanol–water partition coefficient (Wildman–Crippen LogP) is 2.58. The van der Waals surface area contributed by atoms with E-state index in [0.29, 0.717) is 57.4 Å². The molecule has 370 valence electrons. The van der Waals surface area contributed by atoms with Crippen LogP contribution in [0.15, 0.2) is 35.1 Å². The standard InChI is InChI=1S/C47H48FN5O17/c1-7-47(63)27-13-32-37-25(16-53(32)42(58)26(27)18-64-45(47)61)36-29(10-9-24-19(2)28(48)14-31(51-37)35(24)36)52-46(62)65-17-23-8-11-33(30(12-23)50-34(57)15-49-6)69-44-41(68-22(5)56)39(67-21(4)55)38(66-20(3)54)40(70-44)43(59)60/h8,11-14,29,38-41,44,49,63H,7,9-10,15-18H2,1-6H3,(H,50,57)(H,52,62)(H,59,60)/t29-,38-,39?,40?,41?,44+,47-/m0/s1. The van der Waals surface area contributed by atoms with Crippen molar-refractivity contribution in [2.75, 3.05) is 18.9 Å². The number of esters is 4. The van der Waals surface area contributed by atoms with E-state index in [1.54, 1.807) is 19.9 Å². The molecule has 22 nitrogen and oxygen atoms in total. The highest BCUT2D eigenvalue weighted by atomic mass is 19.1. The number of carbonyl (C=O) groups is 7. The summed E-state index contributed by atoms with van der Waals surface area (Å²) in [5.74, 6) is -6.60. The Morgan fingerprint density at radius 2 is 1.66 bits per heavy atom. The minimum Gasteiger partial charge on any atom is -0.479 e. The zero-order chi connectivity index (χ0) is 50.5. The van der Waals surface area contributed by atoms with E-state index in [1.165, 1.54) is 35.9 Å². The van der Waals surface area contributed by atoms with E-state index in [2.05, 4.69) is 16.0 Å². The number of hydrogen-bond donors (Lipinski definition) is 5. The van der Waals surface area contributed by atoms with Gasteiger partial charge in [0.2, 0.25) is 18.3 Å². The number of aryl methyl sites for hydroxylation is 1. The third kappa shape index (κ3) is 8.97. The van der Waals surface area contributed by atoms with Crippen LogP contribution in [0.5, 0.6) is 5.75 Å². The number of halogens is 1.